The zero-order chi connectivity index (χ0) is 23.7. The standard InChI is InChI=1S/C24H29Cl2NO4S/c1-5-20(15-32(29,30)24(2,3)4)27-21(28)14-31-23(17-7-6-8-19(26)13-17)22(27)16-9-11-18(25)12-10-16/h6-13,20,22-23H,5,14-15H2,1-4H3. The molecule has 0 aromatic heterocycles. The third-order valence-electron chi connectivity index (χ3n) is 5.86. The molecule has 0 bridgehead atoms. The number of amides is 1. The van der Waals surface area contributed by atoms with E-state index >= 15 is 0 Å². The fraction of sp³-hybridized carbons (Fsp3) is 0.458. The van der Waals surface area contributed by atoms with Crippen LogP contribution < -0.4 is 0 Å². The highest BCUT2D eigenvalue weighted by Crippen LogP contribution is 2.42. The van der Waals surface area contributed by atoms with Crippen LogP contribution in [0.5, 0.6) is 0 Å². The molecule has 1 aliphatic rings. The number of halogens is 2. The number of rotatable bonds is 6. The van der Waals surface area contributed by atoms with Gasteiger partial charge in [0, 0.05) is 16.1 Å². The molecule has 174 valence electrons. The second-order valence-electron chi connectivity index (χ2n) is 9.04. The summed E-state index contributed by atoms with van der Waals surface area (Å²) in [6, 6.07) is 13.5. The molecule has 2 aromatic rings. The van der Waals surface area contributed by atoms with Gasteiger partial charge in [-0.25, -0.2) is 8.42 Å². The molecule has 1 saturated heterocycles. The topological polar surface area (TPSA) is 63.7 Å². The minimum absolute atomic E-state index is 0.120. The summed E-state index contributed by atoms with van der Waals surface area (Å²) >= 11 is 12.3. The van der Waals surface area contributed by atoms with Crippen molar-refractivity contribution in [2.75, 3.05) is 12.4 Å². The van der Waals surface area contributed by atoms with Crippen LogP contribution >= 0.6 is 23.2 Å². The van der Waals surface area contributed by atoms with Gasteiger partial charge in [0.25, 0.3) is 0 Å². The minimum Gasteiger partial charge on any atom is -0.361 e. The number of carbonyl (C=O) groups excluding carboxylic acids is 1. The maximum Gasteiger partial charge on any atom is 0.249 e. The number of morpholine rings is 1. The first-order valence-corrected chi connectivity index (χ1v) is 13.0. The number of carbonyl (C=O) groups is 1. The Labute approximate surface area is 200 Å². The van der Waals surface area contributed by atoms with Crippen LogP contribution in [0.25, 0.3) is 0 Å². The van der Waals surface area contributed by atoms with Crippen molar-refractivity contribution in [1.82, 2.24) is 4.90 Å². The van der Waals surface area contributed by atoms with Crippen LogP contribution in [0.2, 0.25) is 10.0 Å². The van der Waals surface area contributed by atoms with Gasteiger partial charge in [-0.15, -0.1) is 0 Å². The molecule has 32 heavy (non-hydrogen) atoms. The van der Waals surface area contributed by atoms with Crippen LogP contribution in [0, 0.1) is 0 Å². The molecule has 1 heterocycles. The third kappa shape index (κ3) is 5.30. The summed E-state index contributed by atoms with van der Waals surface area (Å²) in [7, 11) is -3.46. The summed E-state index contributed by atoms with van der Waals surface area (Å²) in [5, 5.41) is 1.14. The van der Waals surface area contributed by atoms with E-state index < -0.39 is 32.8 Å². The lowest BCUT2D eigenvalue weighted by Crippen LogP contribution is -2.53. The monoisotopic (exact) mass is 497 g/mol. The second kappa shape index (κ2) is 9.72. The molecule has 0 radical (unpaired) electrons. The summed E-state index contributed by atoms with van der Waals surface area (Å²) < 4.78 is 31.2. The lowest BCUT2D eigenvalue weighted by atomic mass is 9.91. The zero-order valence-corrected chi connectivity index (χ0v) is 21.0. The van der Waals surface area contributed by atoms with E-state index in [2.05, 4.69) is 0 Å². The first kappa shape index (κ1) is 25.0. The molecule has 1 fully saturated rings. The summed E-state index contributed by atoms with van der Waals surface area (Å²) in [4.78, 5) is 14.9. The Hall–Kier alpha value is -1.60. The van der Waals surface area contributed by atoms with Gasteiger partial charge in [-0.1, -0.05) is 54.4 Å². The van der Waals surface area contributed by atoms with Gasteiger partial charge in [-0.2, -0.15) is 0 Å². The molecule has 0 N–H and O–H groups in total. The largest absolute Gasteiger partial charge is 0.361 e. The van der Waals surface area contributed by atoms with Gasteiger partial charge in [-0.05, 0) is 62.6 Å². The van der Waals surface area contributed by atoms with Gasteiger partial charge in [0.05, 0.1) is 16.5 Å². The highest BCUT2D eigenvalue weighted by atomic mass is 35.5. The van der Waals surface area contributed by atoms with Crippen LogP contribution in [0.1, 0.15) is 57.4 Å². The Balaban J connectivity index is 2.11. The predicted molar refractivity (Wildman–Crippen MR) is 129 cm³/mol. The van der Waals surface area contributed by atoms with Gasteiger partial charge in [0.15, 0.2) is 9.84 Å². The molecule has 2 aromatic carbocycles. The molecule has 3 unspecified atom stereocenters. The summed E-state index contributed by atoms with van der Waals surface area (Å²) in [5.41, 5.74) is 1.64. The minimum atomic E-state index is -3.46. The van der Waals surface area contributed by atoms with E-state index in [0.29, 0.717) is 16.5 Å². The SMILES string of the molecule is CCC(CS(=O)(=O)C(C)(C)C)N1C(=O)COC(c2cccc(Cl)c2)C1c1ccc(Cl)cc1. The van der Waals surface area contributed by atoms with E-state index in [0.717, 1.165) is 11.1 Å². The highest BCUT2D eigenvalue weighted by Gasteiger charge is 2.44. The Morgan fingerprint density at radius 1 is 1.06 bits per heavy atom. The lowest BCUT2D eigenvalue weighted by Gasteiger charge is -2.45. The maximum absolute atomic E-state index is 13.2. The molecule has 0 aliphatic carbocycles. The molecule has 5 nitrogen and oxygen atoms in total. The van der Waals surface area contributed by atoms with Crippen molar-refractivity contribution < 1.29 is 17.9 Å². The molecular weight excluding hydrogens is 469 g/mol. The van der Waals surface area contributed by atoms with E-state index in [-0.39, 0.29) is 18.3 Å². The van der Waals surface area contributed by atoms with Crippen molar-refractivity contribution in [1.29, 1.82) is 0 Å². The van der Waals surface area contributed by atoms with Crippen LogP contribution in [0.3, 0.4) is 0 Å². The predicted octanol–water partition coefficient (Wildman–Crippen LogP) is 5.63. The average Bonchev–Trinajstić information content (AvgIpc) is 2.72. The lowest BCUT2D eigenvalue weighted by molar-refractivity contribution is -0.162. The molecule has 0 spiro atoms. The molecule has 3 atom stereocenters. The Morgan fingerprint density at radius 3 is 2.28 bits per heavy atom. The van der Waals surface area contributed by atoms with Crippen molar-refractivity contribution in [3.05, 3.63) is 69.7 Å². The quantitative estimate of drug-likeness (QED) is 0.518. The number of benzene rings is 2. The van der Waals surface area contributed by atoms with Crippen LogP contribution in [0.15, 0.2) is 48.5 Å². The van der Waals surface area contributed by atoms with Crippen LogP contribution in [0.4, 0.5) is 0 Å². The number of ether oxygens (including phenoxy) is 1. The third-order valence-corrected chi connectivity index (χ3v) is 9.04. The second-order valence-corrected chi connectivity index (χ2v) is 12.7. The summed E-state index contributed by atoms with van der Waals surface area (Å²) in [5.74, 6) is -0.357. The molecule has 8 heteroatoms. The number of nitrogens with zero attached hydrogens (tertiary/aromatic N) is 1. The van der Waals surface area contributed by atoms with E-state index in [1.54, 1.807) is 43.9 Å². The zero-order valence-electron chi connectivity index (χ0n) is 18.7. The normalized spacial score (nSPS) is 20.9. The van der Waals surface area contributed by atoms with Crippen molar-refractivity contribution in [2.45, 2.75) is 57.1 Å². The van der Waals surface area contributed by atoms with Crippen LogP contribution in [-0.2, 0) is 19.4 Å². The molecule has 0 saturated carbocycles. The van der Waals surface area contributed by atoms with E-state index in [1.165, 1.54) is 0 Å². The summed E-state index contributed by atoms with van der Waals surface area (Å²) in [6.45, 7) is 6.82. The fourth-order valence-corrected chi connectivity index (χ4v) is 5.64. The Kier molecular flexibility index (Phi) is 7.60. The van der Waals surface area contributed by atoms with E-state index in [1.807, 2.05) is 37.3 Å². The smallest absolute Gasteiger partial charge is 0.249 e. The van der Waals surface area contributed by atoms with Crippen molar-refractivity contribution in [2.24, 2.45) is 0 Å². The van der Waals surface area contributed by atoms with E-state index in [9.17, 15) is 13.2 Å². The molecular formula is C24H29Cl2NO4S. The fourth-order valence-electron chi connectivity index (χ4n) is 3.91. The van der Waals surface area contributed by atoms with Gasteiger partial charge in [0.2, 0.25) is 5.91 Å². The average molecular weight is 498 g/mol. The van der Waals surface area contributed by atoms with E-state index in [4.69, 9.17) is 27.9 Å². The maximum atomic E-state index is 13.2. The van der Waals surface area contributed by atoms with Crippen molar-refractivity contribution in [3.63, 3.8) is 0 Å². The Bertz CT molecular complexity index is 1060. The molecule has 1 amide bonds. The Morgan fingerprint density at radius 2 is 1.72 bits per heavy atom. The van der Waals surface area contributed by atoms with Gasteiger partial charge in [-0.3, -0.25) is 4.79 Å². The van der Waals surface area contributed by atoms with Gasteiger partial charge >= 0.3 is 0 Å². The first-order chi connectivity index (χ1) is 14.9. The van der Waals surface area contributed by atoms with Crippen molar-refractivity contribution >= 4 is 38.9 Å². The van der Waals surface area contributed by atoms with Crippen LogP contribution in [-0.4, -0.2) is 42.4 Å². The number of hydrogen-bond donors (Lipinski definition) is 0. The number of hydrogen-bond acceptors (Lipinski definition) is 4. The first-order valence-electron chi connectivity index (χ1n) is 10.6. The highest BCUT2D eigenvalue weighted by molar-refractivity contribution is 7.92. The molecule has 3 rings (SSSR count). The summed E-state index contributed by atoms with van der Waals surface area (Å²) in [6.07, 6.45) is -0.00750. The van der Waals surface area contributed by atoms with Crippen molar-refractivity contribution in [3.8, 4) is 0 Å². The van der Waals surface area contributed by atoms with Gasteiger partial charge in [0.1, 0.15) is 12.7 Å². The van der Waals surface area contributed by atoms with Gasteiger partial charge < -0.3 is 9.64 Å². The molecule has 1 aliphatic heterocycles. The number of sulfone groups is 1.